The van der Waals surface area contributed by atoms with Gasteiger partial charge >= 0.3 is 0 Å². The molecule has 0 aliphatic carbocycles. The Labute approximate surface area is 84.2 Å². The van der Waals surface area contributed by atoms with Gasteiger partial charge in [-0.05, 0) is 23.3 Å². The molecule has 0 unspecified atom stereocenters. The summed E-state index contributed by atoms with van der Waals surface area (Å²) in [5.74, 6) is 0.389. The second-order valence-electron chi connectivity index (χ2n) is 4.11. The molecule has 0 fully saturated rings. The van der Waals surface area contributed by atoms with Gasteiger partial charge in [-0.25, -0.2) is 0 Å². The Morgan fingerprint density at radius 1 is 1.23 bits per heavy atom. The number of phenolic OH excluding ortho intramolecular Hbond substituents is 1. The highest BCUT2D eigenvalue weighted by Gasteiger charge is 2.19. The second-order valence-corrected chi connectivity index (χ2v) is 4.92. The molecular formula is C11H16OS. The van der Waals surface area contributed by atoms with Crippen LogP contribution in [0.5, 0.6) is 5.75 Å². The lowest BCUT2D eigenvalue weighted by molar-refractivity contribution is 0.454. The molecule has 0 aliphatic rings. The lowest BCUT2D eigenvalue weighted by Gasteiger charge is -2.22. The molecule has 0 saturated carbocycles. The van der Waals surface area contributed by atoms with Gasteiger partial charge in [-0.15, -0.1) is 11.8 Å². The maximum atomic E-state index is 9.63. The minimum Gasteiger partial charge on any atom is -0.507 e. The van der Waals surface area contributed by atoms with Gasteiger partial charge < -0.3 is 5.11 Å². The average Bonchev–Trinajstić information content (AvgIpc) is 2.02. The molecule has 13 heavy (non-hydrogen) atoms. The molecule has 1 aromatic carbocycles. The molecule has 0 heterocycles. The summed E-state index contributed by atoms with van der Waals surface area (Å²) < 4.78 is 0. The highest BCUT2D eigenvalue weighted by Crippen LogP contribution is 2.36. The molecule has 0 radical (unpaired) electrons. The largest absolute Gasteiger partial charge is 0.507 e. The third-order valence-corrected chi connectivity index (χ3v) is 2.84. The Morgan fingerprint density at radius 2 is 1.85 bits per heavy atom. The van der Waals surface area contributed by atoms with Crippen molar-refractivity contribution in [2.24, 2.45) is 0 Å². The van der Waals surface area contributed by atoms with E-state index in [1.54, 1.807) is 17.8 Å². The predicted octanol–water partition coefficient (Wildman–Crippen LogP) is 3.41. The zero-order valence-corrected chi connectivity index (χ0v) is 9.40. The van der Waals surface area contributed by atoms with Crippen molar-refractivity contribution in [1.29, 1.82) is 0 Å². The standard InChI is InChI=1S/C11H16OS/c1-11(2,3)8-6-5-7-9(12)10(8)13-4/h5-7,12H,1-4H3. The topological polar surface area (TPSA) is 20.2 Å². The van der Waals surface area contributed by atoms with Crippen molar-refractivity contribution in [2.45, 2.75) is 31.1 Å². The maximum absolute atomic E-state index is 9.63. The van der Waals surface area contributed by atoms with Crippen LogP contribution in [0.2, 0.25) is 0 Å². The lowest BCUT2D eigenvalue weighted by Crippen LogP contribution is -2.12. The van der Waals surface area contributed by atoms with Gasteiger partial charge in [-0.3, -0.25) is 0 Å². The number of benzene rings is 1. The van der Waals surface area contributed by atoms with Crippen LogP contribution in [-0.2, 0) is 5.41 Å². The van der Waals surface area contributed by atoms with Gasteiger partial charge in [0.1, 0.15) is 5.75 Å². The first-order chi connectivity index (χ1) is 5.96. The van der Waals surface area contributed by atoms with Gasteiger partial charge in [0.2, 0.25) is 0 Å². The average molecular weight is 196 g/mol. The molecule has 1 aromatic rings. The van der Waals surface area contributed by atoms with E-state index in [0.29, 0.717) is 5.75 Å². The van der Waals surface area contributed by atoms with Crippen molar-refractivity contribution < 1.29 is 5.11 Å². The number of phenols is 1. The zero-order chi connectivity index (χ0) is 10.1. The van der Waals surface area contributed by atoms with E-state index >= 15 is 0 Å². The normalized spacial score (nSPS) is 11.7. The molecule has 0 aliphatic heterocycles. The molecule has 0 saturated heterocycles. The molecule has 0 amide bonds. The Bertz CT molecular complexity index is 299. The Balaban J connectivity index is 3.29. The van der Waals surface area contributed by atoms with E-state index in [9.17, 15) is 5.11 Å². The Kier molecular flexibility index (Phi) is 2.91. The van der Waals surface area contributed by atoms with Crippen molar-refractivity contribution in [1.82, 2.24) is 0 Å². The third kappa shape index (κ3) is 2.19. The van der Waals surface area contributed by atoms with Crippen LogP contribution in [0.4, 0.5) is 0 Å². The first kappa shape index (κ1) is 10.5. The van der Waals surface area contributed by atoms with Gasteiger partial charge in [-0.2, -0.15) is 0 Å². The first-order valence-electron chi connectivity index (χ1n) is 4.33. The number of aromatic hydroxyl groups is 1. The van der Waals surface area contributed by atoms with Gasteiger partial charge in [0.25, 0.3) is 0 Å². The van der Waals surface area contributed by atoms with Crippen molar-refractivity contribution in [3.05, 3.63) is 23.8 Å². The number of thioether (sulfide) groups is 1. The fraction of sp³-hybridized carbons (Fsp3) is 0.455. The van der Waals surface area contributed by atoms with E-state index in [1.807, 2.05) is 12.3 Å². The summed E-state index contributed by atoms with van der Waals surface area (Å²) in [7, 11) is 0. The Morgan fingerprint density at radius 3 is 2.23 bits per heavy atom. The van der Waals surface area contributed by atoms with Crippen LogP contribution in [0.3, 0.4) is 0 Å². The zero-order valence-electron chi connectivity index (χ0n) is 8.59. The summed E-state index contributed by atoms with van der Waals surface area (Å²) in [6.45, 7) is 6.46. The third-order valence-electron chi connectivity index (χ3n) is 2.01. The molecular weight excluding hydrogens is 180 g/mol. The molecule has 0 aromatic heterocycles. The van der Waals surface area contributed by atoms with E-state index in [-0.39, 0.29) is 5.41 Å². The van der Waals surface area contributed by atoms with Crippen LogP contribution in [-0.4, -0.2) is 11.4 Å². The van der Waals surface area contributed by atoms with E-state index in [0.717, 1.165) is 4.90 Å². The summed E-state index contributed by atoms with van der Waals surface area (Å²) in [4.78, 5) is 0.995. The SMILES string of the molecule is CSc1c(O)cccc1C(C)(C)C. The summed E-state index contributed by atoms with van der Waals surface area (Å²) in [6, 6.07) is 5.71. The highest BCUT2D eigenvalue weighted by molar-refractivity contribution is 7.98. The van der Waals surface area contributed by atoms with Crippen LogP contribution >= 0.6 is 11.8 Å². The molecule has 72 valence electrons. The number of rotatable bonds is 1. The summed E-state index contributed by atoms with van der Waals surface area (Å²) >= 11 is 1.60. The summed E-state index contributed by atoms with van der Waals surface area (Å²) in [6.07, 6.45) is 1.99. The van der Waals surface area contributed by atoms with E-state index in [4.69, 9.17) is 0 Å². The molecule has 1 nitrogen and oxygen atoms in total. The van der Waals surface area contributed by atoms with Gasteiger partial charge in [0.05, 0.1) is 4.90 Å². The van der Waals surface area contributed by atoms with Crippen LogP contribution in [0.25, 0.3) is 0 Å². The van der Waals surface area contributed by atoms with E-state index < -0.39 is 0 Å². The van der Waals surface area contributed by atoms with E-state index in [1.165, 1.54) is 5.56 Å². The van der Waals surface area contributed by atoms with Crippen molar-refractivity contribution in [3.8, 4) is 5.75 Å². The van der Waals surface area contributed by atoms with Gasteiger partial charge in [0, 0.05) is 0 Å². The van der Waals surface area contributed by atoms with Crippen molar-refractivity contribution >= 4 is 11.8 Å². The minimum absolute atomic E-state index is 0.0943. The van der Waals surface area contributed by atoms with Crippen molar-refractivity contribution in [3.63, 3.8) is 0 Å². The molecule has 1 rings (SSSR count). The molecule has 1 N–H and O–H groups in total. The fourth-order valence-corrected chi connectivity index (χ4v) is 2.20. The molecule has 0 spiro atoms. The second kappa shape index (κ2) is 3.62. The predicted molar refractivity (Wildman–Crippen MR) is 58.6 cm³/mol. The van der Waals surface area contributed by atoms with E-state index in [2.05, 4.69) is 26.8 Å². The van der Waals surface area contributed by atoms with Gasteiger partial charge in [-0.1, -0.05) is 32.9 Å². The smallest absolute Gasteiger partial charge is 0.129 e. The summed E-state index contributed by atoms with van der Waals surface area (Å²) in [5, 5.41) is 9.63. The monoisotopic (exact) mass is 196 g/mol. The van der Waals surface area contributed by atoms with Gasteiger partial charge in [0.15, 0.2) is 0 Å². The minimum atomic E-state index is 0.0943. The van der Waals surface area contributed by atoms with Crippen molar-refractivity contribution in [2.75, 3.05) is 6.26 Å². The lowest BCUT2D eigenvalue weighted by atomic mass is 9.87. The molecule has 2 heteroatoms. The highest BCUT2D eigenvalue weighted by atomic mass is 32.2. The van der Waals surface area contributed by atoms with Crippen LogP contribution < -0.4 is 0 Å². The summed E-state index contributed by atoms with van der Waals surface area (Å²) in [5.41, 5.74) is 1.30. The maximum Gasteiger partial charge on any atom is 0.129 e. The van der Waals surface area contributed by atoms with Crippen LogP contribution in [0, 0.1) is 0 Å². The van der Waals surface area contributed by atoms with Crippen LogP contribution in [0.1, 0.15) is 26.3 Å². The first-order valence-corrected chi connectivity index (χ1v) is 5.55. The molecule has 0 bridgehead atoms. The Hall–Kier alpha value is -0.630. The molecule has 0 atom stereocenters. The number of hydrogen-bond donors (Lipinski definition) is 1. The quantitative estimate of drug-likeness (QED) is 0.695. The fourth-order valence-electron chi connectivity index (χ4n) is 1.33. The number of hydrogen-bond acceptors (Lipinski definition) is 2. The van der Waals surface area contributed by atoms with Crippen LogP contribution in [0.15, 0.2) is 23.1 Å².